The number of anilines is 2. The summed E-state index contributed by atoms with van der Waals surface area (Å²) in [5, 5.41) is 7.22. The number of ether oxygens (including phenoxy) is 1. The van der Waals surface area contributed by atoms with Crippen LogP contribution < -0.4 is 10.6 Å². The Kier molecular flexibility index (Phi) is 7.49. The van der Waals surface area contributed by atoms with E-state index in [1.807, 2.05) is 48.5 Å². The molecule has 2 aliphatic heterocycles. The third kappa shape index (κ3) is 6.22. The monoisotopic (exact) mass is 477 g/mol. The molecule has 0 atom stereocenters. The SMILES string of the molecule is C1=C(c2ccco2)CN=C1Nc1nc(NCCCN2CCOCC2)nc(Sc2ccccc2)n1. The van der Waals surface area contributed by atoms with Crippen molar-refractivity contribution in [1.82, 2.24) is 19.9 Å². The number of nitrogens with zero attached hydrogens (tertiary/aromatic N) is 5. The summed E-state index contributed by atoms with van der Waals surface area (Å²) in [4.78, 5) is 21.9. The number of hydrogen-bond donors (Lipinski definition) is 2. The molecule has 2 aliphatic rings. The Morgan fingerprint density at radius 1 is 0.971 bits per heavy atom. The summed E-state index contributed by atoms with van der Waals surface area (Å²) < 4.78 is 10.9. The molecule has 0 bridgehead atoms. The van der Waals surface area contributed by atoms with E-state index < -0.39 is 0 Å². The van der Waals surface area contributed by atoms with Gasteiger partial charge in [-0.3, -0.25) is 9.89 Å². The fourth-order valence-corrected chi connectivity index (χ4v) is 4.45. The maximum atomic E-state index is 5.48. The normalized spacial score (nSPS) is 16.2. The number of aromatic nitrogens is 3. The van der Waals surface area contributed by atoms with Crippen LogP contribution in [0, 0.1) is 0 Å². The lowest BCUT2D eigenvalue weighted by Crippen LogP contribution is -2.37. The van der Waals surface area contributed by atoms with Gasteiger partial charge in [-0.1, -0.05) is 18.2 Å². The first-order valence-electron chi connectivity index (χ1n) is 11.4. The van der Waals surface area contributed by atoms with Crippen LogP contribution in [0.2, 0.25) is 0 Å². The highest BCUT2D eigenvalue weighted by Gasteiger charge is 2.15. The minimum atomic E-state index is 0.458. The summed E-state index contributed by atoms with van der Waals surface area (Å²) in [6, 6.07) is 13.9. The lowest BCUT2D eigenvalue weighted by molar-refractivity contribution is 0.0378. The molecule has 5 rings (SSSR count). The second-order valence-corrected chi connectivity index (χ2v) is 8.93. The first kappa shape index (κ1) is 22.6. The van der Waals surface area contributed by atoms with Crippen molar-refractivity contribution in [3.05, 3.63) is 60.6 Å². The van der Waals surface area contributed by atoms with Crippen LogP contribution in [0.3, 0.4) is 0 Å². The van der Waals surface area contributed by atoms with E-state index in [0.717, 1.165) is 62.0 Å². The number of benzene rings is 1. The van der Waals surface area contributed by atoms with Gasteiger partial charge in [-0.15, -0.1) is 0 Å². The van der Waals surface area contributed by atoms with Gasteiger partial charge in [0.2, 0.25) is 11.9 Å². The molecule has 10 heteroatoms. The minimum absolute atomic E-state index is 0.458. The molecule has 1 fully saturated rings. The van der Waals surface area contributed by atoms with Crippen molar-refractivity contribution in [3.63, 3.8) is 0 Å². The Balaban J connectivity index is 1.26. The van der Waals surface area contributed by atoms with Crippen LogP contribution in [0.15, 0.2) is 74.3 Å². The quantitative estimate of drug-likeness (QED) is 0.447. The zero-order chi connectivity index (χ0) is 23.0. The van der Waals surface area contributed by atoms with Crippen molar-refractivity contribution in [2.45, 2.75) is 16.5 Å². The molecule has 2 aromatic heterocycles. The minimum Gasteiger partial charge on any atom is -0.465 e. The summed E-state index contributed by atoms with van der Waals surface area (Å²) in [6.45, 7) is 5.97. The standard InChI is InChI=1S/C24H27N7O2S/c1-2-6-19(7-3-1)34-24-29-22(25-9-5-10-31-11-14-32-15-12-31)28-23(30-24)27-21-16-18(17-26-21)20-8-4-13-33-20/h1-4,6-8,13,16H,5,9-12,14-15,17H2,(H2,25,26,27,28,29,30). The fraction of sp³-hybridized carbons (Fsp3) is 0.333. The van der Waals surface area contributed by atoms with Crippen molar-refractivity contribution in [2.75, 3.05) is 56.6 Å². The Morgan fingerprint density at radius 2 is 1.82 bits per heavy atom. The first-order valence-corrected chi connectivity index (χ1v) is 12.2. The summed E-state index contributed by atoms with van der Waals surface area (Å²) in [7, 11) is 0. The van der Waals surface area contributed by atoms with Gasteiger partial charge in [0.15, 0.2) is 5.16 Å². The molecule has 1 aromatic carbocycles. The van der Waals surface area contributed by atoms with Crippen molar-refractivity contribution < 1.29 is 9.15 Å². The summed E-state index contributed by atoms with van der Waals surface area (Å²) in [5.41, 5.74) is 1.02. The van der Waals surface area contributed by atoms with Crippen LogP contribution in [0.1, 0.15) is 12.2 Å². The Labute approximate surface area is 202 Å². The Hall–Kier alpha value is -3.21. The van der Waals surface area contributed by atoms with E-state index in [2.05, 4.69) is 35.5 Å². The number of aliphatic imine (C=N–C) groups is 1. The van der Waals surface area contributed by atoms with E-state index in [1.54, 1.807) is 6.26 Å². The van der Waals surface area contributed by atoms with Gasteiger partial charge in [0, 0.05) is 30.1 Å². The van der Waals surface area contributed by atoms with Crippen LogP contribution in [0.4, 0.5) is 11.9 Å². The van der Waals surface area contributed by atoms with E-state index >= 15 is 0 Å². The topological polar surface area (TPSA) is 101 Å². The van der Waals surface area contributed by atoms with Gasteiger partial charge in [-0.2, -0.15) is 15.0 Å². The van der Waals surface area contributed by atoms with E-state index in [4.69, 9.17) is 9.15 Å². The number of rotatable bonds is 9. The largest absolute Gasteiger partial charge is 0.465 e. The predicted octanol–water partition coefficient (Wildman–Crippen LogP) is 3.66. The fourth-order valence-electron chi connectivity index (χ4n) is 3.69. The van der Waals surface area contributed by atoms with E-state index in [9.17, 15) is 0 Å². The highest BCUT2D eigenvalue weighted by Crippen LogP contribution is 2.26. The molecule has 0 unspecified atom stereocenters. The second kappa shape index (κ2) is 11.3. The molecule has 4 heterocycles. The zero-order valence-electron chi connectivity index (χ0n) is 18.8. The molecule has 0 spiro atoms. The zero-order valence-corrected chi connectivity index (χ0v) is 19.6. The van der Waals surface area contributed by atoms with Crippen LogP contribution in [-0.4, -0.2) is 71.6 Å². The van der Waals surface area contributed by atoms with Gasteiger partial charge < -0.3 is 19.8 Å². The Morgan fingerprint density at radius 3 is 2.65 bits per heavy atom. The molecular weight excluding hydrogens is 450 g/mol. The summed E-state index contributed by atoms with van der Waals surface area (Å²) in [6.07, 6.45) is 4.62. The Bertz CT molecular complexity index is 1130. The molecule has 176 valence electrons. The average Bonchev–Trinajstić information content (AvgIpc) is 3.56. The first-order chi connectivity index (χ1) is 16.8. The van der Waals surface area contributed by atoms with Crippen molar-refractivity contribution in [1.29, 1.82) is 0 Å². The number of morpholine rings is 1. The molecule has 0 radical (unpaired) electrons. The van der Waals surface area contributed by atoms with Crippen molar-refractivity contribution in [2.24, 2.45) is 4.99 Å². The second-order valence-electron chi connectivity index (χ2n) is 7.89. The highest BCUT2D eigenvalue weighted by molar-refractivity contribution is 7.99. The molecule has 2 N–H and O–H groups in total. The van der Waals surface area contributed by atoms with Gasteiger partial charge in [-0.05, 0) is 55.1 Å². The van der Waals surface area contributed by atoms with E-state index in [0.29, 0.717) is 29.4 Å². The van der Waals surface area contributed by atoms with Crippen LogP contribution in [0.25, 0.3) is 5.57 Å². The number of hydrogen-bond acceptors (Lipinski definition) is 10. The third-order valence-electron chi connectivity index (χ3n) is 5.41. The summed E-state index contributed by atoms with van der Waals surface area (Å²) in [5.74, 6) is 2.53. The maximum Gasteiger partial charge on any atom is 0.234 e. The lowest BCUT2D eigenvalue weighted by Gasteiger charge is -2.26. The van der Waals surface area contributed by atoms with Crippen LogP contribution in [-0.2, 0) is 4.74 Å². The average molecular weight is 478 g/mol. The molecule has 0 aliphatic carbocycles. The molecule has 1 saturated heterocycles. The number of nitrogens with one attached hydrogen (secondary N) is 2. The third-order valence-corrected chi connectivity index (χ3v) is 6.29. The van der Waals surface area contributed by atoms with Gasteiger partial charge in [-0.25, -0.2) is 0 Å². The van der Waals surface area contributed by atoms with Crippen molar-refractivity contribution in [3.8, 4) is 0 Å². The smallest absolute Gasteiger partial charge is 0.234 e. The van der Waals surface area contributed by atoms with Crippen LogP contribution >= 0.6 is 11.8 Å². The van der Waals surface area contributed by atoms with Crippen LogP contribution in [0.5, 0.6) is 0 Å². The molecule has 3 aromatic rings. The van der Waals surface area contributed by atoms with Crippen molar-refractivity contribution >= 4 is 35.1 Å². The maximum absolute atomic E-state index is 5.48. The molecule has 0 amide bonds. The number of furan rings is 1. The van der Waals surface area contributed by atoms with Gasteiger partial charge in [0.25, 0.3) is 0 Å². The van der Waals surface area contributed by atoms with E-state index in [-0.39, 0.29) is 0 Å². The molecule has 9 nitrogen and oxygen atoms in total. The summed E-state index contributed by atoms with van der Waals surface area (Å²) >= 11 is 1.50. The lowest BCUT2D eigenvalue weighted by atomic mass is 10.2. The van der Waals surface area contributed by atoms with Gasteiger partial charge >= 0.3 is 0 Å². The molecule has 34 heavy (non-hydrogen) atoms. The molecular formula is C24H27N7O2S. The predicted molar refractivity (Wildman–Crippen MR) is 133 cm³/mol. The van der Waals surface area contributed by atoms with Gasteiger partial charge in [0.05, 0.1) is 26.0 Å². The highest BCUT2D eigenvalue weighted by atomic mass is 32.2. The van der Waals surface area contributed by atoms with E-state index in [1.165, 1.54) is 11.8 Å². The molecule has 0 saturated carbocycles. The van der Waals surface area contributed by atoms with Gasteiger partial charge in [0.1, 0.15) is 11.6 Å². The number of amidine groups is 1.